The van der Waals surface area contributed by atoms with Crippen molar-refractivity contribution in [3.63, 3.8) is 0 Å². The first-order valence-electron chi connectivity index (χ1n) is 9.28. The molecule has 0 spiro atoms. The summed E-state index contributed by atoms with van der Waals surface area (Å²) in [5, 5.41) is 0.706. The minimum Gasteiger partial charge on any atom is -0.377 e. The Labute approximate surface area is 176 Å². The van der Waals surface area contributed by atoms with Gasteiger partial charge >= 0.3 is 0 Å². The molecule has 152 valence electrons. The molecule has 3 aromatic rings. The molecule has 0 unspecified atom stereocenters. The maximum Gasteiger partial charge on any atom is 0.248 e. The quantitative estimate of drug-likeness (QED) is 0.503. The van der Waals surface area contributed by atoms with Gasteiger partial charge in [-0.25, -0.2) is 4.39 Å². The van der Waals surface area contributed by atoms with Crippen LogP contribution in [0.3, 0.4) is 0 Å². The van der Waals surface area contributed by atoms with Crippen LogP contribution in [0.5, 0.6) is 0 Å². The molecule has 0 atom stereocenters. The van der Waals surface area contributed by atoms with E-state index in [0.717, 1.165) is 12.1 Å². The molecule has 0 radical (unpaired) electrons. The summed E-state index contributed by atoms with van der Waals surface area (Å²) in [6.07, 6.45) is 1.43. The van der Waals surface area contributed by atoms with Gasteiger partial charge in [0.25, 0.3) is 0 Å². The standard InChI is InChI=1S/C22H22BrFN2O3/c1-3-4-18-21(20(27)12-29-2)16-8-6-13(22(25)28)9-19(16)26(18)11-14-5-7-15(23)10-17(14)24/h5-10H,3-4,11-12H2,1-2H3,(H2,25,28). The number of nitrogens with zero attached hydrogens (tertiary/aromatic N) is 1. The molecule has 0 aliphatic heterocycles. The lowest BCUT2D eigenvalue weighted by Crippen LogP contribution is -2.12. The zero-order valence-corrected chi connectivity index (χ0v) is 17.9. The molecule has 3 rings (SSSR count). The Bertz CT molecular complexity index is 1090. The van der Waals surface area contributed by atoms with Crippen LogP contribution in [-0.4, -0.2) is 30.0 Å². The fourth-order valence-electron chi connectivity index (χ4n) is 3.57. The van der Waals surface area contributed by atoms with E-state index in [9.17, 15) is 14.0 Å². The number of aromatic nitrogens is 1. The number of ketones is 1. The molecule has 0 saturated carbocycles. The van der Waals surface area contributed by atoms with Gasteiger partial charge < -0.3 is 15.0 Å². The Morgan fingerprint density at radius 1 is 1.21 bits per heavy atom. The van der Waals surface area contributed by atoms with Crippen molar-refractivity contribution in [1.29, 1.82) is 0 Å². The van der Waals surface area contributed by atoms with E-state index in [2.05, 4.69) is 15.9 Å². The summed E-state index contributed by atoms with van der Waals surface area (Å²) in [5.41, 5.74) is 8.30. The van der Waals surface area contributed by atoms with Crippen molar-refractivity contribution in [2.75, 3.05) is 13.7 Å². The third-order valence-electron chi connectivity index (χ3n) is 4.84. The van der Waals surface area contributed by atoms with E-state index in [-0.39, 0.29) is 24.8 Å². The summed E-state index contributed by atoms with van der Waals surface area (Å²) in [5.74, 6) is -1.06. The number of halogens is 2. The van der Waals surface area contributed by atoms with Crippen LogP contribution in [0.15, 0.2) is 40.9 Å². The van der Waals surface area contributed by atoms with Gasteiger partial charge in [0.05, 0.1) is 12.1 Å². The van der Waals surface area contributed by atoms with Crippen molar-refractivity contribution in [1.82, 2.24) is 4.57 Å². The summed E-state index contributed by atoms with van der Waals surface area (Å²) >= 11 is 3.27. The number of carbonyl (C=O) groups excluding carboxylic acids is 2. The molecule has 1 aromatic heterocycles. The van der Waals surface area contributed by atoms with Gasteiger partial charge in [0.2, 0.25) is 5.91 Å². The number of ether oxygens (including phenoxy) is 1. The predicted molar refractivity (Wildman–Crippen MR) is 114 cm³/mol. The average molecular weight is 461 g/mol. The molecular formula is C22H22BrFN2O3. The Kier molecular flexibility index (Phi) is 6.49. The lowest BCUT2D eigenvalue weighted by molar-refractivity contribution is 0.0848. The molecule has 0 bridgehead atoms. The van der Waals surface area contributed by atoms with Gasteiger partial charge in [-0.3, -0.25) is 9.59 Å². The van der Waals surface area contributed by atoms with Crippen molar-refractivity contribution >= 4 is 38.5 Å². The topological polar surface area (TPSA) is 74.3 Å². The molecule has 0 aliphatic rings. The molecule has 0 aliphatic carbocycles. The minimum absolute atomic E-state index is 0.0555. The Balaban J connectivity index is 2.28. The fourth-order valence-corrected chi connectivity index (χ4v) is 3.90. The van der Waals surface area contributed by atoms with E-state index in [1.165, 1.54) is 13.2 Å². The average Bonchev–Trinajstić information content (AvgIpc) is 2.97. The Morgan fingerprint density at radius 3 is 2.59 bits per heavy atom. The van der Waals surface area contributed by atoms with Gasteiger partial charge in [0.15, 0.2) is 5.78 Å². The summed E-state index contributed by atoms with van der Waals surface area (Å²) < 4.78 is 22.2. The molecule has 2 N–H and O–H groups in total. The van der Waals surface area contributed by atoms with E-state index >= 15 is 0 Å². The maximum absolute atomic E-state index is 14.5. The van der Waals surface area contributed by atoms with Crippen LogP contribution in [-0.2, 0) is 17.7 Å². The lowest BCUT2D eigenvalue weighted by atomic mass is 10.0. The molecule has 1 heterocycles. The van der Waals surface area contributed by atoms with Gasteiger partial charge in [-0.05, 0) is 30.7 Å². The molecule has 1 amide bonds. The Morgan fingerprint density at radius 2 is 1.97 bits per heavy atom. The number of fused-ring (bicyclic) bond motifs is 1. The zero-order valence-electron chi connectivity index (χ0n) is 16.3. The highest BCUT2D eigenvalue weighted by atomic mass is 79.9. The third kappa shape index (κ3) is 4.26. The third-order valence-corrected chi connectivity index (χ3v) is 5.33. The molecular weight excluding hydrogens is 439 g/mol. The number of amides is 1. The van der Waals surface area contributed by atoms with Crippen LogP contribution in [0.1, 0.15) is 45.3 Å². The lowest BCUT2D eigenvalue weighted by Gasteiger charge is -2.13. The van der Waals surface area contributed by atoms with Crippen molar-refractivity contribution in [3.8, 4) is 0 Å². The van der Waals surface area contributed by atoms with Crippen LogP contribution >= 0.6 is 15.9 Å². The monoisotopic (exact) mass is 460 g/mol. The number of rotatable bonds is 8. The highest BCUT2D eigenvalue weighted by Gasteiger charge is 2.23. The van der Waals surface area contributed by atoms with Gasteiger partial charge in [-0.1, -0.05) is 41.4 Å². The first-order valence-corrected chi connectivity index (χ1v) is 10.1. The predicted octanol–water partition coefficient (Wildman–Crippen LogP) is 4.47. The summed E-state index contributed by atoms with van der Waals surface area (Å²) in [6.45, 7) is 2.19. The number of primary amides is 1. The number of Topliss-reactive ketones (excluding diaryl/α,β-unsaturated/α-hetero) is 1. The first-order chi connectivity index (χ1) is 13.9. The number of benzene rings is 2. The largest absolute Gasteiger partial charge is 0.377 e. The van der Waals surface area contributed by atoms with Crippen LogP contribution in [0.4, 0.5) is 4.39 Å². The molecule has 29 heavy (non-hydrogen) atoms. The number of carbonyl (C=O) groups is 2. The number of nitrogens with two attached hydrogens (primary N) is 1. The molecule has 0 fully saturated rings. The van der Waals surface area contributed by atoms with Crippen molar-refractivity contribution in [2.45, 2.75) is 26.3 Å². The number of hydrogen-bond acceptors (Lipinski definition) is 3. The number of hydrogen-bond donors (Lipinski definition) is 1. The molecule has 2 aromatic carbocycles. The SMILES string of the molecule is CCCc1c(C(=O)COC)c2ccc(C(N)=O)cc2n1Cc1ccc(Br)cc1F. The van der Waals surface area contributed by atoms with Crippen LogP contribution in [0.2, 0.25) is 0 Å². The van der Waals surface area contributed by atoms with E-state index in [1.807, 2.05) is 11.5 Å². The maximum atomic E-state index is 14.5. The fraction of sp³-hybridized carbons (Fsp3) is 0.273. The second kappa shape index (κ2) is 8.88. The van der Waals surface area contributed by atoms with Crippen molar-refractivity contribution in [3.05, 3.63) is 69.1 Å². The second-order valence-electron chi connectivity index (χ2n) is 6.85. The number of methoxy groups -OCH3 is 1. The van der Waals surface area contributed by atoms with Gasteiger partial charge in [-0.15, -0.1) is 0 Å². The summed E-state index contributed by atoms with van der Waals surface area (Å²) in [4.78, 5) is 24.6. The summed E-state index contributed by atoms with van der Waals surface area (Å²) in [6, 6.07) is 9.88. The summed E-state index contributed by atoms with van der Waals surface area (Å²) in [7, 11) is 1.47. The zero-order chi connectivity index (χ0) is 21.1. The van der Waals surface area contributed by atoms with Gasteiger partial charge in [-0.2, -0.15) is 0 Å². The van der Waals surface area contributed by atoms with Crippen LogP contribution in [0, 0.1) is 5.82 Å². The van der Waals surface area contributed by atoms with Crippen LogP contribution in [0.25, 0.3) is 10.9 Å². The molecule has 0 saturated heterocycles. The first kappa shape index (κ1) is 21.2. The van der Waals surface area contributed by atoms with Gasteiger partial charge in [0, 0.05) is 39.4 Å². The smallest absolute Gasteiger partial charge is 0.248 e. The van der Waals surface area contributed by atoms with Crippen molar-refractivity contribution < 1.29 is 18.7 Å². The second-order valence-corrected chi connectivity index (χ2v) is 7.76. The normalized spacial score (nSPS) is 11.2. The molecule has 7 heteroatoms. The highest BCUT2D eigenvalue weighted by molar-refractivity contribution is 9.10. The van der Waals surface area contributed by atoms with E-state index in [0.29, 0.717) is 38.5 Å². The molecule has 5 nitrogen and oxygen atoms in total. The van der Waals surface area contributed by atoms with Crippen molar-refractivity contribution in [2.24, 2.45) is 5.73 Å². The van der Waals surface area contributed by atoms with E-state index < -0.39 is 5.91 Å². The van der Waals surface area contributed by atoms with E-state index in [4.69, 9.17) is 10.5 Å². The van der Waals surface area contributed by atoms with Gasteiger partial charge in [0.1, 0.15) is 12.4 Å². The van der Waals surface area contributed by atoms with Crippen LogP contribution < -0.4 is 5.73 Å². The Hall–Kier alpha value is -2.51. The van der Waals surface area contributed by atoms with E-state index in [1.54, 1.807) is 30.3 Å². The highest BCUT2D eigenvalue weighted by Crippen LogP contribution is 2.30. The minimum atomic E-state index is -0.559.